The lowest BCUT2D eigenvalue weighted by Gasteiger charge is -2.43. The third kappa shape index (κ3) is 4.43. The summed E-state index contributed by atoms with van der Waals surface area (Å²) in [5, 5.41) is 8.93. The number of rotatable bonds is 5. The van der Waals surface area contributed by atoms with Crippen molar-refractivity contribution in [3.8, 4) is 0 Å². The minimum atomic E-state index is 0.152. The molecule has 1 aliphatic heterocycles. The van der Waals surface area contributed by atoms with Gasteiger partial charge in [-0.1, -0.05) is 6.07 Å². The van der Waals surface area contributed by atoms with Gasteiger partial charge < -0.3 is 20.3 Å². The number of ether oxygens (including phenoxy) is 1. The Hall–Kier alpha value is -1.11. The molecule has 2 N–H and O–H groups in total. The fourth-order valence-electron chi connectivity index (χ4n) is 2.59. The lowest BCUT2D eigenvalue weighted by atomic mass is 9.88. The van der Waals surface area contributed by atoms with Crippen LogP contribution in [-0.2, 0) is 11.3 Å². The zero-order valence-corrected chi connectivity index (χ0v) is 14.0. The lowest BCUT2D eigenvalue weighted by Crippen LogP contribution is -2.57. The molecular formula is C15H26N4OS. The molecule has 1 fully saturated rings. The van der Waals surface area contributed by atoms with Crippen molar-refractivity contribution in [3.63, 3.8) is 0 Å². The molecule has 6 heteroatoms. The molecule has 0 aromatic carbocycles. The fourth-order valence-corrected chi connectivity index (χ4v) is 3.23. The molecule has 0 amide bonds. The number of thiophene rings is 1. The average Bonchev–Trinajstić information content (AvgIpc) is 3.01. The van der Waals surface area contributed by atoms with Gasteiger partial charge >= 0.3 is 0 Å². The van der Waals surface area contributed by atoms with Crippen LogP contribution >= 0.6 is 11.3 Å². The molecule has 0 radical (unpaired) electrons. The minimum absolute atomic E-state index is 0.152. The minimum Gasteiger partial charge on any atom is -0.381 e. The largest absolute Gasteiger partial charge is 0.381 e. The van der Waals surface area contributed by atoms with Crippen molar-refractivity contribution in [2.45, 2.75) is 24.9 Å². The Kier molecular flexibility index (Phi) is 6.02. The summed E-state index contributed by atoms with van der Waals surface area (Å²) in [6.45, 7) is 3.37. The van der Waals surface area contributed by atoms with E-state index in [0.717, 1.165) is 45.1 Å². The second-order valence-electron chi connectivity index (χ2n) is 5.59. The molecule has 1 saturated heterocycles. The molecule has 5 nitrogen and oxygen atoms in total. The summed E-state index contributed by atoms with van der Waals surface area (Å²) in [4.78, 5) is 7.94. The third-order valence-electron chi connectivity index (χ3n) is 4.19. The number of nitrogens with zero attached hydrogens (tertiary/aromatic N) is 2. The van der Waals surface area contributed by atoms with Crippen molar-refractivity contribution < 1.29 is 4.74 Å². The monoisotopic (exact) mass is 310 g/mol. The SMILES string of the molecule is CN=C(NCc1cccs1)NCC1(N(C)C)CCOCC1. The first-order valence-corrected chi connectivity index (χ1v) is 8.26. The van der Waals surface area contributed by atoms with Crippen LogP contribution in [0.1, 0.15) is 17.7 Å². The zero-order valence-electron chi connectivity index (χ0n) is 13.2. The summed E-state index contributed by atoms with van der Waals surface area (Å²) in [6, 6.07) is 4.20. The van der Waals surface area contributed by atoms with Crippen molar-refractivity contribution in [1.82, 2.24) is 15.5 Å². The summed E-state index contributed by atoms with van der Waals surface area (Å²) in [5.41, 5.74) is 0.152. The van der Waals surface area contributed by atoms with Crippen molar-refractivity contribution >= 4 is 17.3 Å². The predicted molar refractivity (Wildman–Crippen MR) is 89.0 cm³/mol. The molecule has 0 atom stereocenters. The van der Waals surface area contributed by atoms with Gasteiger partial charge in [-0.15, -0.1) is 11.3 Å². The van der Waals surface area contributed by atoms with Gasteiger partial charge in [0.05, 0.1) is 6.54 Å². The van der Waals surface area contributed by atoms with Gasteiger partial charge in [-0.2, -0.15) is 0 Å². The van der Waals surface area contributed by atoms with Crippen molar-refractivity contribution in [1.29, 1.82) is 0 Å². The van der Waals surface area contributed by atoms with E-state index in [1.165, 1.54) is 4.88 Å². The number of nitrogens with one attached hydrogen (secondary N) is 2. The summed E-state index contributed by atoms with van der Waals surface area (Å²) in [5.74, 6) is 0.858. The van der Waals surface area contributed by atoms with E-state index in [9.17, 15) is 0 Å². The zero-order chi connectivity index (χ0) is 15.1. The topological polar surface area (TPSA) is 48.9 Å². The first-order chi connectivity index (χ1) is 10.2. The van der Waals surface area contributed by atoms with E-state index in [0.29, 0.717) is 0 Å². The van der Waals surface area contributed by atoms with Gasteiger partial charge in [-0.3, -0.25) is 4.99 Å². The summed E-state index contributed by atoms with van der Waals surface area (Å²) < 4.78 is 5.51. The van der Waals surface area contributed by atoms with Gasteiger partial charge in [-0.05, 0) is 38.4 Å². The predicted octanol–water partition coefficient (Wildman–Crippen LogP) is 1.52. The Bertz CT molecular complexity index is 439. The molecule has 2 heterocycles. The Balaban J connectivity index is 1.86. The van der Waals surface area contributed by atoms with Gasteiger partial charge in [0.15, 0.2) is 5.96 Å². The van der Waals surface area contributed by atoms with Crippen LogP contribution in [0, 0.1) is 0 Å². The smallest absolute Gasteiger partial charge is 0.191 e. The number of aliphatic imine (C=N–C) groups is 1. The van der Waals surface area contributed by atoms with E-state index in [-0.39, 0.29) is 5.54 Å². The summed E-state index contributed by atoms with van der Waals surface area (Å²) >= 11 is 1.76. The number of hydrogen-bond donors (Lipinski definition) is 2. The van der Waals surface area contributed by atoms with Crippen LogP contribution in [0.25, 0.3) is 0 Å². The highest BCUT2D eigenvalue weighted by Crippen LogP contribution is 2.24. The van der Waals surface area contributed by atoms with Gasteiger partial charge in [0.1, 0.15) is 0 Å². The molecule has 21 heavy (non-hydrogen) atoms. The third-order valence-corrected chi connectivity index (χ3v) is 5.07. The molecule has 118 valence electrons. The van der Waals surface area contributed by atoms with Crippen LogP contribution in [-0.4, -0.2) is 57.3 Å². The molecule has 1 aromatic heterocycles. The van der Waals surface area contributed by atoms with Crippen LogP contribution in [0.4, 0.5) is 0 Å². The molecule has 0 bridgehead atoms. The van der Waals surface area contributed by atoms with Crippen molar-refractivity contribution in [2.75, 3.05) is 40.9 Å². The van der Waals surface area contributed by atoms with Crippen LogP contribution in [0.3, 0.4) is 0 Å². The Morgan fingerprint density at radius 1 is 1.38 bits per heavy atom. The lowest BCUT2D eigenvalue weighted by molar-refractivity contribution is -0.00501. The van der Waals surface area contributed by atoms with Gasteiger partial charge in [-0.25, -0.2) is 0 Å². The maximum absolute atomic E-state index is 5.51. The molecule has 1 aromatic rings. The highest BCUT2D eigenvalue weighted by molar-refractivity contribution is 7.09. The van der Waals surface area contributed by atoms with Crippen LogP contribution in [0.15, 0.2) is 22.5 Å². The first kappa shape index (κ1) is 16.3. The van der Waals surface area contributed by atoms with E-state index in [4.69, 9.17) is 4.74 Å². The fraction of sp³-hybridized carbons (Fsp3) is 0.667. The maximum atomic E-state index is 5.51. The molecule has 0 aliphatic carbocycles. The maximum Gasteiger partial charge on any atom is 0.191 e. The van der Waals surface area contributed by atoms with Crippen LogP contribution in [0.2, 0.25) is 0 Å². The normalized spacial score (nSPS) is 18.8. The van der Waals surface area contributed by atoms with Gasteiger partial charge in [0.2, 0.25) is 0 Å². The Morgan fingerprint density at radius 2 is 2.14 bits per heavy atom. The second kappa shape index (κ2) is 7.77. The van der Waals surface area contributed by atoms with E-state index < -0.39 is 0 Å². The molecule has 0 spiro atoms. The highest BCUT2D eigenvalue weighted by atomic mass is 32.1. The van der Waals surface area contributed by atoms with Gasteiger partial charge in [0.25, 0.3) is 0 Å². The second-order valence-corrected chi connectivity index (χ2v) is 6.62. The summed E-state index contributed by atoms with van der Waals surface area (Å²) in [7, 11) is 6.11. The first-order valence-electron chi connectivity index (χ1n) is 7.38. The molecular weight excluding hydrogens is 284 g/mol. The number of likely N-dealkylation sites (N-methyl/N-ethyl adjacent to an activating group) is 1. The molecule has 1 aliphatic rings. The van der Waals surface area contributed by atoms with Gasteiger partial charge in [0, 0.05) is 37.2 Å². The standard InChI is InChI=1S/C15H26N4OS/c1-16-14(17-11-13-5-4-10-21-13)18-12-15(19(2)3)6-8-20-9-7-15/h4-5,10H,6-9,11-12H2,1-3H3,(H2,16,17,18). The Morgan fingerprint density at radius 3 is 2.71 bits per heavy atom. The van der Waals surface area contributed by atoms with E-state index >= 15 is 0 Å². The molecule has 2 rings (SSSR count). The summed E-state index contributed by atoms with van der Waals surface area (Å²) in [6.07, 6.45) is 2.10. The highest BCUT2D eigenvalue weighted by Gasteiger charge is 2.34. The van der Waals surface area contributed by atoms with E-state index in [1.54, 1.807) is 11.3 Å². The van der Waals surface area contributed by atoms with Crippen LogP contribution in [0.5, 0.6) is 0 Å². The van der Waals surface area contributed by atoms with E-state index in [1.807, 2.05) is 7.05 Å². The van der Waals surface area contributed by atoms with E-state index in [2.05, 4.69) is 52.1 Å². The van der Waals surface area contributed by atoms with Crippen LogP contribution < -0.4 is 10.6 Å². The van der Waals surface area contributed by atoms with Crippen molar-refractivity contribution in [2.24, 2.45) is 4.99 Å². The molecule has 0 saturated carbocycles. The quantitative estimate of drug-likeness (QED) is 0.639. The van der Waals surface area contributed by atoms with Crippen molar-refractivity contribution in [3.05, 3.63) is 22.4 Å². The number of hydrogen-bond acceptors (Lipinski definition) is 4. The Labute approximate surface area is 131 Å². The number of guanidine groups is 1. The molecule has 0 unspecified atom stereocenters. The average molecular weight is 310 g/mol.